The van der Waals surface area contributed by atoms with Gasteiger partial charge in [0.15, 0.2) is 5.82 Å². The molecule has 1 fully saturated rings. The van der Waals surface area contributed by atoms with Crippen LogP contribution in [0.5, 0.6) is 0 Å². The number of nitrogens with two attached hydrogens (primary N) is 1. The minimum atomic E-state index is -3.69. The third kappa shape index (κ3) is 5.36. The highest BCUT2D eigenvalue weighted by Gasteiger charge is 2.27. The van der Waals surface area contributed by atoms with E-state index in [2.05, 4.69) is 15.2 Å². The first kappa shape index (κ1) is 23.6. The zero-order valence-electron chi connectivity index (χ0n) is 17.4. The summed E-state index contributed by atoms with van der Waals surface area (Å²) in [5.41, 5.74) is 1.15. The van der Waals surface area contributed by atoms with Gasteiger partial charge in [-0.1, -0.05) is 23.4 Å². The number of rotatable bonds is 8. The fraction of sp³-hybridized carbons (Fsp3) is 0.300. The number of hydrogen-bond donors (Lipinski definition) is 1. The molecule has 3 aromatic rings. The minimum Gasteiger partial charge on any atom is -0.379 e. The molecule has 0 spiro atoms. The molecule has 0 unspecified atom stereocenters. The van der Waals surface area contributed by atoms with Gasteiger partial charge in [0.05, 0.1) is 23.9 Å². The quantitative estimate of drug-likeness (QED) is 0.356. The predicted molar refractivity (Wildman–Crippen MR) is 124 cm³/mol. The molecule has 2 N–H and O–H groups in total. The average Bonchev–Trinajstić information content (AvgIpc) is 3.20. The molecule has 1 aliphatic heterocycles. The number of thioether (sulfide) groups is 1. The molecule has 0 radical (unpaired) electrons. The Kier molecular flexibility index (Phi) is 7.29. The van der Waals surface area contributed by atoms with Gasteiger partial charge in [-0.15, -0.1) is 10.2 Å². The van der Waals surface area contributed by atoms with Crippen molar-refractivity contribution < 1.29 is 17.9 Å². The van der Waals surface area contributed by atoms with Crippen LogP contribution >= 0.6 is 23.4 Å². The number of nitrogens with zero attached hydrogens (tertiary/aromatic N) is 5. The second-order valence-electron chi connectivity index (χ2n) is 7.19. The Morgan fingerprint density at radius 3 is 2.73 bits per heavy atom. The summed E-state index contributed by atoms with van der Waals surface area (Å²) in [5, 5.41) is 8.80. The fourth-order valence-corrected chi connectivity index (χ4v) is 5.62. The lowest BCUT2D eigenvalue weighted by Crippen LogP contribution is -2.40. The van der Waals surface area contributed by atoms with E-state index in [0.717, 1.165) is 11.8 Å². The van der Waals surface area contributed by atoms with E-state index in [1.54, 1.807) is 24.5 Å². The van der Waals surface area contributed by atoms with Crippen LogP contribution in [0.15, 0.2) is 52.8 Å². The molecule has 0 saturated carbocycles. The van der Waals surface area contributed by atoms with Crippen LogP contribution in [0.25, 0.3) is 11.4 Å². The zero-order chi connectivity index (χ0) is 23.4. The number of nitrogen functional groups attached to an aromatic ring is 1. The van der Waals surface area contributed by atoms with E-state index in [1.165, 1.54) is 27.2 Å². The van der Waals surface area contributed by atoms with Crippen molar-refractivity contribution in [3.8, 4) is 11.4 Å². The largest absolute Gasteiger partial charge is 0.379 e. The van der Waals surface area contributed by atoms with Crippen molar-refractivity contribution in [2.45, 2.75) is 16.5 Å². The highest BCUT2D eigenvalue weighted by Crippen LogP contribution is 2.25. The van der Waals surface area contributed by atoms with E-state index in [0.29, 0.717) is 40.3 Å². The standard InChI is InChI=1S/C20H21ClN6O4S2/c21-18-4-3-17(33(29,30)26-6-8-31-9-7-26)11-15(18)10-16(28)13-32-20-25-24-19(27(20)22)14-2-1-5-23-12-14/h1-5,11-12H,6-10,13,22H2. The lowest BCUT2D eigenvalue weighted by Gasteiger charge is -2.26. The van der Waals surface area contributed by atoms with Crippen LogP contribution in [0.4, 0.5) is 0 Å². The Balaban J connectivity index is 1.43. The Morgan fingerprint density at radius 2 is 2.00 bits per heavy atom. The van der Waals surface area contributed by atoms with Crippen molar-refractivity contribution in [1.82, 2.24) is 24.2 Å². The molecule has 2 aromatic heterocycles. The van der Waals surface area contributed by atoms with E-state index in [4.69, 9.17) is 22.2 Å². The number of carbonyl (C=O) groups is 1. The van der Waals surface area contributed by atoms with Gasteiger partial charge < -0.3 is 10.6 Å². The van der Waals surface area contributed by atoms with Gasteiger partial charge in [0.25, 0.3) is 0 Å². The molecule has 1 saturated heterocycles. The molecule has 174 valence electrons. The lowest BCUT2D eigenvalue weighted by molar-refractivity contribution is -0.116. The first-order valence-corrected chi connectivity index (χ1v) is 12.8. The number of aromatic nitrogens is 4. The summed E-state index contributed by atoms with van der Waals surface area (Å²) in [6.07, 6.45) is 3.24. The Bertz CT molecular complexity index is 1250. The number of benzene rings is 1. The van der Waals surface area contributed by atoms with Crippen molar-refractivity contribution in [1.29, 1.82) is 0 Å². The molecule has 0 bridgehead atoms. The van der Waals surface area contributed by atoms with Crippen molar-refractivity contribution in [3.05, 3.63) is 53.3 Å². The maximum absolute atomic E-state index is 12.9. The number of Topliss-reactive ketones (excluding diaryl/α,β-unsaturated/α-hetero) is 1. The van der Waals surface area contributed by atoms with Crippen LogP contribution in [0.2, 0.25) is 5.02 Å². The Labute approximate surface area is 200 Å². The van der Waals surface area contributed by atoms with Crippen LogP contribution in [-0.2, 0) is 26.0 Å². The van der Waals surface area contributed by atoms with Crippen molar-refractivity contribution in [2.75, 3.05) is 37.9 Å². The van der Waals surface area contributed by atoms with Crippen molar-refractivity contribution >= 4 is 39.2 Å². The van der Waals surface area contributed by atoms with Crippen LogP contribution < -0.4 is 5.84 Å². The van der Waals surface area contributed by atoms with Crippen molar-refractivity contribution in [3.63, 3.8) is 0 Å². The fourth-order valence-electron chi connectivity index (χ4n) is 3.26. The molecular formula is C20H21ClN6O4S2. The van der Waals surface area contributed by atoms with E-state index in [9.17, 15) is 13.2 Å². The van der Waals surface area contributed by atoms with Crippen LogP contribution in [0.3, 0.4) is 0 Å². The third-order valence-electron chi connectivity index (χ3n) is 4.96. The van der Waals surface area contributed by atoms with Gasteiger partial charge in [0.2, 0.25) is 15.2 Å². The van der Waals surface area contributed by atoms with Gasteiger partial charge in [-0.05, 0) is 35.9 Å². The molecule has 1 aliphatic rings. The van der Waals surface area contributed by atoms with Gasteiger partial charge in [-0.2, -0.15) is 4.31 Å². The molecule has 10 nitrogen and oxygen atoms in total. The second-order valence-corrected chi connectivity index (χ2v) is 10.5. The molecule has 3 heterocycles. The summed E-state index contributed by atoms with van der Waals surface area (Å²) in [6.45, 7) is 1.28. The summed E-state index contributed by atoms with van der Waals surface area (Å²) < 4.78 is 33.7. The molecule has 33 heavy (non-hydrogen) atoms. The van der Waals surface area contributed by atoms with Gasteiger partial charge in [0, 0.05) is 42.5 Å². The molecule has 0 aliphatic carbocycles. The summed E-state index contributed by atoms with van der Waals surface area (Å²) in [7, 11) is -3.69. The van der Waals surface area contributed by atoms with Crippen LogP contribution in [-0.4, -0.2) is 70.4 Å². The predicted octanol–water partition coefficient (Wildman–Crippen LogP) is 1.63. The number of carbonyl (C=O) groups excluding carboxylic acids is 1. The summed E-state index contributed by atoms with van der Waals surface area (Å²) in [6, 6.07) is 7.98. The van der Waals surface area contributed by atoms with Gasteiger partial charge in [-0.25, -0.2) is 13.1 Å². The number of ketones is 1. The smallest absolute Gasteiger partial charge is 0.243 e. The van der Waals surface area contributed by atoms with Crippen molar-refractivity contribution in [2.24, 2.45) is 0 Å². The van der Waals surface area contributed by atoms with E-state index >= 15 is 0 Å². The third-order valence-corrected chi connectivity index (χ3v) is 8.23. The number of morpholine rings is 1. The number of pyridine rings is 1. The van der Waals surface area contributed by atoms with E-state index < -0.39 is 10.0 Å². The normalized spacial score (nSPS) is 14.9. The van der Waals surface area contributed by atoms with E-state index in [1.807, 2.05) is 0 Å². The second kappa shape index (κ2) is 10.2. The monoisotopic (exact) mass is 508 g/mol. The van der Waals surface area contributed by atoms with Gasteiger partial charge in [0.1, 0.15) is 5.78 Å². The number of hydrogen-bond acceptors (Lipinski definition) is 9. The van der Waals surface area contributed by atoms with Crippen LogP contribution in [0.1, 0.15) is 5.56 Å². The number of sulfonamides is 1. The average molecular weight is 509 g/mol. The van der Waals surface area contributed by atoms with Crippen LogP contribution in [0, 0.1) is 0 Å². The molecule has 4 rings (SSSR count). The molecular weight excluding hydrogens is 488 g/mol. The maximum atomic E-state index is 12.9. The topological polar surface area (TPSA) is 133 Å². The lowest BCUT2D eigenvalue weighted by atomic mass is 10.1. The maximum Gasteiger partial charge on any atom is 0.243 e. The SMILES string of the molecule is Nn1c(SCC(=O)Cc2cc(S(=O)(=O)N3CCOCC3)ccc2Cl)nnc1-c1cccnc1. The molecule has 1 aromatic carbocycles. The first-order valence-electron chi connectivity index (χ1n) is 9.98. The Hall–Kier alpha value is -2.51. The minimum absolute atomic E-state index is 0.0214. The van der Waals surface area contributed by atoms with Gasteiger partial charge in [-0.3, -0.25) is 9.78 Å². The molecule has 0 amide bonds. The van der Waals surface area contributed by atoms with E-state index in [-0.39, 0.29) is 35.9 Å². The molecule has 13 heteroatoms. The zero-order valence-corrected chi connectivity index (χ0v) is 19.8. The summed E-state index contributed by atoms with van der Waals surface area (Å²) in [4.78, 5) is 16.8. The molecule has 0 atom stereocenters. The highest BCUT2D eigenvalue weighted by atomic mass is 35.5. The number of ether oxygens (including phenoxy) is 1. The Morgan fingerprint density at radius 1 is 1.21 bits per heavy atom. The van der Waals surface area contributed by atoms with Gasteiger partial charge >= 0.3 is 0 Å². The number of halogens is 1. The summed E-state index contributed by atoms with van der Waals surface area (Å²) in [5.74, 6) is 6.41. The summed E-state index contributed by atoms with van der Waals surface area (Å²) >= 11 is 7.39. The highest BCUT2D eigenvalue weighted by molar-refractivity contribution is 7.99. The first-order chi connectivity index (χ1) is 15.9.